The van der Waals surface area contributed by atoms with Crippen LogP contribution in [0.2, 0.25) is 0 Å². The first-order valence-electron chi connectivity index (χ1n) is 11.2. The smallest absolute Gasteiger partial charge is 0.332 e. The minimum absolute atomic E-state index is 0.177. The van der Waals surface area contributed by atoms with Crippen LogP contribution in [0.5, 0.6) is 5.75 Å². The molecule has 1 aromatic heterocycles. The number of rotatable bonds is 6. The second-order valence-electron chi connectivity index (χ2n) is 8.52. The van der Waals surface area contributed by atoms with E-state index in [2.05, 4.69) is 10.3 Å². The Balaban J connectivity index is 1.87. The third-order valence-electron chi connectivity index (χ3n) is 5.47. The van der Waals surface area contributed by atoms with E-state index in [4.69, 9.17) is 14.2 Å². The Bertz CT molecular complexity index is 1070. The fourth-order valence-corrected chi connectivity index (χ4v) is 3.55. The first-order valence-corrected chi connectivity index (χ1v) is 11.2. The minimum Gasteiger partial charge on any atom is -0.505 e. The van der Waals surface area contributed by atoms with Crippen molar-refractivity contribution in [3.05, 3.63) is 59.9 Å². The summed E-state index contributed by atoms with van der Waals surface area (Å²) in [5.41, 5.74) is 0.499. The summed E-state index contributed by atoms with van der Waals surface area (Å²) in [6.45, 7) is 4.30. The number of aromatic hydroxyl groups is 1. The molecule has 1 unspecified atom stereocenters. The second-order valence-corrected chi connectivity index (χ2v) is 8.52. The molecule has 0 spiro atoms. The van der Waals surface area contributed by atoms with Crippen LogP contribution in [0.4, 0.5) is 0 Å². The average molecular weight is 485 g/mol. The molecule has 1 amide bonds. The van der Waals surface area contributed by atoms with E-state index in [9.17, 15) is 24.3 Å². The molecule has 1 aliphatic heterocycles. The van der Waals surface area contributed by atoms with Gasteiger partial charge in [0.2, 0.25) is 0 Å². The van der Waals surface area contributed by atoms with Crippen molar-refractivity contribution in [3.63, 3.8) is 0 Å². The highest BCUT2D eigenvalue weighted by molar-refractivity contribution is 5.97. The maximum atomic E-state index is 13.1. The Kier molecular flexibility index (Phi) is 8.40. The molecule has 0 bridgehead atoms. The molecule has 10 heteroatoms. The highest BCUT2D eigenvalue weighted by Crippen LogP contribution is 2.25. The number of esters is 3. The van der Waals surface area contributed by atoms with Crippen molar-refractivity contribution in [2.45, 2.75) is 45.4 Å². The molecule has 1 aromatic carbocycles. The number of carbonyl (C=O) groups is 4. The number of ether oxygens (including phenoxy) is 3. The van der Waals surface area contributed by atoms with Crippen molar-refractivity contribution in [2.75, 3.05) is 6.61 Å². The molecule has 1 saturated heterocycles. The van der Waals surface area contributed by atoms with Crippen LogP contribution in [0.1, 0.15) is 36.8 Å². The predicted molar refractivity (Wildman–Crippen MR) is 122 cm³/mol. The Labute approximate surface area is 202 Å². The Morgan fingerprint density at radius 1 is 1.14 bits per heavy atom. The standard InChI is InChI=1S/C25H28N2O8/c1-14(2)23(30)35-21-15(3)34-25(32)18(27-22(29)20-19(28)10-7-11-26-20)13-33-24(31)17(21)12-16-8-5-4-6-9-16/h4-11,14-15,17-18,21,28H,12-13H2,1-3H3,(H,27,29)/t15-,17+,18?,21-/m0/s1. The Morgan fingerprint density at radius 3 is 2.51 bits per heavy atom. The van der Waals surface area contributed by atoms with Crippen LogP contribution < -0.4 is 5.32 Å². The summed E-state index contributed by atoms with van der Waals surface area (Å²) in [7, 11) is 0. The van der Waals surface area contributed by atoms with Crippen LogP contribution in [-0.2, 0) is 35.0 Å². The lowest BCUT2D eigenvalue weighted by molar-refractivity contribution is -0.176. The molecule has 35 heavy (non-hydrogen) atoms. The summed E-state index contributed by atoms with van der Waals surface area (Å²) >= 11 is 0. The number of nitrogens with one attached hydrogen (secondary N) is 1. The largest absolute Gasteiger partial charge is 0.505 e. The van der Waals surface area contributed by atoms with Gasteiger partial charge in [-0.2, -0.15) is 0 Å². The third-order valence-corrected chi connectivity index (χ3v) is 5.47. The zero-order valence-corrected chi connectivity index (χ0v) is 19.7. The third kappa shape index (κ3) is 6.56. The first-order chi connectivity index (χ1) is 16.7. The van der Waals surface area contributed by atoms with Crippen molar-refractivity contribution in [2.24, 2.45) is 11.8 Å². The summed E-state index contributed by atoms with van der Waals surface area (Å²) in [5.74, 6) is -4.82. The number of amides is 1. The Hall–Kier alpha value is -3.95. The van der Waals surface area contributed by atoms with E-state index in [1.807, 2.05) is 30.3 Å². The van der Waals surface area contributed by atoms with Crippen LogP contribution in [0.3, 0.4) is 0 Å². The molecule has 0 aliphatic carbocycles. The van der Waals surface area contributed by atoms with Gasteiger partial charge in [0.15, 0.2) is 17.8 Å². The summed E-state index contributed by atoms with van der Waals surface area (Å²) in [6, 6.07) is 10.4. The van der Waals surface area contributed by atoms with Crippen LogP contribution >= 0.6 is 0 Å². The van der Waals surface area contributed by atoms with Crippen molar-refractivity contribution in [3.8, 4) is 5.75 Å². The molecular formula is C25H28N2O8. The molecule has 0 saturated carbocycles. The highest BCUT2D eigenvalue weighted by Gasteiger charge is 2.42. The van der Waals surface area contributed by atoms with E-state index < -0.39 is 60.5 Å². The molecular weight excluding hydrogens is 456 g/mol. The van der Waals surface area contributed by atoms with Gasteiger partial charge in [-0.05, 0) is 31.0 Å². The molecule has 1 fully saturated rings. The number of benzene rings is 1. The summed E-state index contributed by atoms with van der Waals surface area (Å²) in [4.78, 5) is 54.8. The van der Waals surface area contributed by atoms with Crippen LogP contribution in [0.25, 0.3) is 0 Å². The molecule has 2 heterocycles. The van der Waals surface area contributed by atoms with Gasteiger partial charge in [-0.25, -0.2) is 9.78 Å². The quantitative estimate of drug-likeness (QED) is 0.464. The van der Waals surface area contributed by atoms with Crippen molar-refractivity contribution < 1.29 is 38.5 Å². The van der Waals surface area contributed by atoms with Crippen molar-refractivity contribution >= 4 is 23.8 Å². The van der Waals surface area contributed by atoms with E-state index >= 15 is 0 Å². The van der Waals surface area contributed by atoms with Crippen molar-refractivity contribution in [1.82, 2.24) is 10.3 Å². The topological polar surface area (TPSA) is 141 Å². The van der Waals surface area contributed by atoms with Gasteiger partial charge in [0.05, 0.1) is 5.92 Å². The molecule has 1 aliphatic rings. The highest BCUT2D eigenvalue weighted by atomic mass is 16.6. The monoisotopic (exact) mass is 484 g/mol. The Morgan fingerprint density at radius 2 is 1.86 bits per heavy atom. The van der Waals surface area contributed by atoms with Crippen LogP contribution in [0, 0.1) is 11.8 Å². The number of nitrogens with zero attached hydrogens (tertiary/aromatic N) is 1. The minimum atomic E-state index is -1.37. The molecule has 186 valence electrons. The van der Waals surface area contributed by atoms with Gasteiger partial charge < -0.3 is 24.6 Å². The molecule has 0 radical (unpaired) electrons. The van der Waals surface area contributed by atoms with Gasteiger partial charge in [-0.3, -0.25) is 14.4 Å². The SMILES string of the molecule is CC(C)C(=O)O[C@H]1[C@H](C)OC(=O)C(NC(=O)c2ncccc2O)COC(=O)[C@@H]1Cc1ccccc1. The van der Waals surface area contributed by atoms with E-state index in [0.29, 0.717) is 0 Å². The van der Waals surface area contributed by atoms with Gasteiger partial charge in [0.25, 0.3) is 5.91 Å². The fraction of sp³-hybridized carbons (Fsp3) is 0.400. The molecule has 2 aromatic rings. The van der Waals surface area contributed by atoms with Gasteiger partial charge in [-0.1, -0.05) is 44.2 Å². The number of carbonyl (C=O) groups excluding carboxylic acids is 4. The fourth-order valence-electron chi connectivity index (χ4n) is 3.55. The van der Waals surface area contributed by atoms with Crippen LogP contribution in [-0.4, -0.2) is 58.8 Å². The van der Waals surface area contributed by atoms with Crippen LogP contribution in [0.15, 0.2) is 48.7 Å². The lowest BCUT2D eigenvalue weighted by Crippen LogP contribution is -2.47. The normalized spacial score (nSPS) is 22.7. The molecule has 3 rings (SSSR count). The molecule has 4 atom stereocenters. The van der Waals surface area contributed by atoms with Gasteiger partial charge >= 0.3 is 17.9 Å². The van der Waals surface area contributed by atoms with Gasteiger partial charge in [0.1, 0.15) is 24.4 Å². The summed E-state index contributed by atoms with van der Waals surface area (Å²) in [6.07, 6.45) is -0.653. The van der Waals surface area contributed by atoms with Crippen molar-refractivity contribution in [1.29, 1.82) is 0 Å². The zero-order valence-electron chi connectivity index (χ0n) is 19.7. The number of aromatic nitrogens is 1. The van der Waals surface area contributed by atoms with E-state index in [-0.39, 0.29) is 17.9 Å². The lowest BCUT2D eigenvalue weighted by atomic mass is 9.91. The average Bonchev–Trinajstić information content (AvgIpc) is 2.86. The van der Waals surface area contributed by atoms with E-state index in [0.717, 1.165) is 5.56 Å². The van der Waals surface area contributed by atoms with E-state index in [1.165, 1.54) is 25.3 Å². The first kappa shape index (κ1) is 25.7. The van der Waals surface area contributed by atoms with Gasteiger partial charge in [0, 0.05) is 6.20 Å². The maximum absolute atomic E-state index is 13.1. The number of cyclic esters (lactones) is 2. The number of pyridine rings is 1. The second kappa shape index (κ2) is 11.5. The number of hydrogen-bond donors (Lipinski definition) is 2. The van der Waals surface area contributed by atoms with Gasteiger partial charge in [-0.15, -0.1) is 0 Å². The molecule has 2 N–H and O–H groups in total. The van der Waals surface area contributed by atoms with E-state index in [1.54, 1.807) is 13.8 Å². The summed E-state index contributed by atoms with van der Waals surface area (Å²) < 4.78 is 16.5. The summed E-state index contributed by atoms with van der Waals surface area (Å²) in [5, 5.41) is 12.3. The lowest BCUT2D eigenvalue weighted by Gasteiger charge is -2.29. The zero-order chi connectivity index (χ0) is 25.5. The number of hydrogen-bond acceptors (Lipinski definition) is 9. The maximum Gasteiger partial charge on any atom is 0.332 e. The predicted octanol–water partition coefficient (Wildman–Crippen LogP) is 1.80. The molecule has 10 nitrogen and oxygen atoms in total.